The number of ether oxygens (including phenoxy) is 1. The Morgan fingerprint density at radius 1 is 1.30 bits per heavy atom. The monoisotopic (exact) mass is 352 g/mol. The quantitative estimate of drug-likeness (QED) is 0.774. The summed E-state index contributed by atoms with van der Waals surface area (Å²) < 4.78 is 4.67. The normalized spacial score (nSPS) is 11.3. The molecule has 0 radical (unpaired) electrons. The lowest BCUT2D eigenvalue weighted by Gasteiger charge is -2.35. The third kappa shape index (κ3) is 4.62. The highest BCUT2D eigenvalue weighted by molar-refractivity contribution is 7.10. The second kappa shape index (κ2) is 7.23. The predicted molar refractivity (Wildman–Crippen MR) is 91.8 cm³/mol. The number of methoxy groups -OCH3 is 1. The first-order valence-electron chi connectivity index (χ1n) is 7.17. The molecule has 5 nitrogen and oxygen atoms in total. The van der Waals surface area contributed by atoms with Crippen molar-refractivity contribution in [3.63, 3.8) is 0 Å². The zero-order valence-corrected chi connectivity index (χ0v) is 15.3. The van der Waals surface area contributed by atoms with E-state index in [-0.39, 0.29) is 17.1 Å². The summed E-state index contributed by atoms with van der Waals surface area (Å²) in [6, 6.07) is 3.90. The van der Waals surface area contributed by atoms with Gasteiger partial charge in [0, 0.05) is 15.8 Å². The molecule has 2 heterocycles. The molecular formula is C16H20N2O3S2. The first-order valence-corrected chi connectivity index (χ1v) is 8.92. The van der Waals surface area contributed by atoms with Gasteiger partial charge in [-0.2, -0.15) is 0 Å². The third-order valence-corrected chi connectivity index (χ3v) is 4.97. The lowest BCUT2D eigenvalue weighted by atomic mass is 10.1. The minimum absolute atomic E-state index is 0.0507. The van der Waals surface area contributed by atoms with Crippen LogP contribution >= 0.6 is 22.7 Å². The van der Waals surface area contributed by atoms with Crippen LogP contribution in [0.5, 0.6) is 0 Å². The van der Waals surface area contributed by atoms with Crippen molar-refractivity contribution in [2.45, 2.75) is 39.3 Å². The Bertz CT molecular complexity index is 672. The first kappa shape index (κ1) is 17.6. The molecule has 0 saturated carbocycles. The molecule has 2 aromatic rings. The van der Waals surface area contributed by atoms with Crippen molar-refractivity contribution < 1.29 is 14.3 Å². The van der Waals surface area contributed by atoms with Gasteiger partial charge < -0.3 is 9.64 Å². The van der Waals surface area contributed by atoms with Crippen molar-refractivity contribution in [2.75, 3.05) is 7.11 Å². The molecule has 23 heavy (non-hydrogen) atoms. The fourth-order valence-electron chi connectivity index (χ4n) is 2.07. The van der Waals surface area contributed by atoms with Gasteiger partial charge in [0.25, 0.3) is 0 Å². The molecule has 0 aliphatic rings. The highest BCUT2D eigenvalue weighted by atomic mass is 32.1. The summed E-state index contributed by atoms with van der Waals surface area (Å²) in [7, 11) is 1.33. The van der Waals surface area contributed by atoms with Crippen LogP contribution in [0.3, 0.4) is 0 Å². The van der Waals surface area contributed by atoms with Crippen LogP contribution in [-0.2, 0) is 22.5 Å². The van der Waals surface area contributed by atoms with Crippen molar-refractivity contribution >= 4 is 34.6 Å². The molecule has 2 aromatic heterocycles. The van der Waals surface area contributed by atoms with Crippen molar-refractivity contribution in [1.29, 1.82) is 0 Å². The molecule has 7 heteroatoms. The molecule has 0 fully saturated rings. The Labute approximate surface area is 143 Å². The summed E-state index contributed by atoms with van der Waals surface area (Å²) in [6.07, 6.45) is 0.379. The average Bonchev–Trinajstić information content (AvgIpc) is 3.13. The lowest BCUT2D eigenvalue weighted by Crippen LogP contribution is -2.45. The molecule has 1 amide bonds. The van der Waals surface area contributed by atoms with Crippen LogP contribution in [0.25, 0.3) is 0 Å². The van der Waals surface area contributed by atoms with Crippen molar-refractivity contribution in [3.05, 3.63) is 38.5 Å². The Morgan fingerprint density at radius 3 is 2.61 bits per heavy atom. The number of thiazole rings is 1. The van der Waals surface area contributed by atoms with Gasteiger partial charge >= 0.3 is 5.97 Å². The molecule has 0 aliphatic carbocycles. The van der Waals surface area contributed by atoms with Crippen LogP contribution in [-0.4, -0.2) is 34.4 Å². The average molecular weight is 352 g/mol. The summed E-state index contributed by atoms with van der Waals surface area (Å²) in [4.78, 5) is 31.3. The van der Waals surface area contributed by atoms with E-state index in [0.29, 0.717) is 13.0 Å². The second-order valence-electron chi connectivity index (χ2n) is 6.02. The fraction of sp³-hybridized carbons (Fsp3) is 0.438. The number of hydrogen-bond donors (Lipinski definition) is 0. The summed E-state index contributed by atoms with van der Waals surface area (Å²) in [5, 5.41) is 4.35. The summed E-state index contributed by atoms with van der Waals surface area (Å²) in [5.74, 6) is -0.408. The van der Waals surface area contributed by atoms with Crippen LogP contribution in [0.1, 0.15) is 41.1 Å². The number of hydrogen-bond acceptors (Lipinski definition) is 6. The van der Waals surface area contributed by atoms with E-state index < -0.39 is 5.97 Å². The van der Waals surface area contributed by atoms with Gasteiger partial charge in [-0.1, -0.05) is 6.07 Å². The van der Waals surface area contributed by atoms with Gasteiger partial charge in [-0.15, -0.1) is 22.7 Å². The van der Waals surface area contributed by atoms with Crippen molar-refractivity contribution in [3.8, 4) is 0 Å². The van der Waals surface area contributed by atoms with E-state index >= 15 is 0 Å². The third-order valence-electron chi connectivity index (χ3n) is 3.26. The lowest BCUT2D eigenvalue weighted by molar-refractivity contribution is -0.136. The Morgan fingerprint density at radius 2 is 2.04 bits per heavy atom. The van der Waals surface area contributed by atoms with Gasteiger partial charge in [0.05, 0.1) is 20.1 Å². The molecule has 0 spiro atoms. The number of nitrogens with zero attached hydrogens (tertiary/aromatic N) is 2. The van der Waals surface area contributed by atoms with Crippen LogP contribution in [0, 0.1) is 0 Å². The number of esters is 1. The van der Waals surface area contributed by atoms with Crippen LogP contribution < -0.4 is 0 Å². The molecular weight excluding hydrogens is 332 g/mol. The second-order valence-corrected chi connectivity index (χ2v) is 8.00. The summed E-state index contributed by atoms with van der Waals surface area (Å²) in [5.41, 5.74) is -0.0436. The molecule has 124 valence electrons. The van der Waals surface area contributed by atoms with E-state index in [2.05, 4.69) is 9.72 Å². The number of carbonyl (C=O) groups is 2. The molecule has 0 bridgehead atoms. The van der Waals surface area contributed by atoms with Gasteiger partial charge in [0.1, 0.15) is 5.01 Å². The standard InChI is InChI=1S/C16H20N2O3S2/c1-16(2,3)18(14(19)8-11-6-5-7-22-11)9-13-17-12(10-23-13)15(20)21-4/h5-7,10H,8-9H2,1-4H3. The number of amides is 1. The van der Waals surface area contributed by atoms with Crippen LogP contribution in [0.2, 0.25) is 0 Å². The molecule has 0 aliphatic heterocycles. The topological polar surface area (TPSA) is 59.5 Å². The maximum Gasteiger partial charge on any atom is 0.357 e. The van der Waals surface area contributed by atoms with Gasteiger partial charge in [-0.3, -0.25) is 4.79 Å². The van der Waals surface area contributed by atoms with Gasteiger partial charge in [0.15, 0.2) is 5.69 Å². The van der Waals surface area contributed by atoms with E-state index in [9.17, 15) is 9.59 Å². The van der Waals surface area contributed by atoms with Crippen molar-refractivity contribution in [1.82, 2.24) is 9.88 Å². The Hall–Kier alpha value is -1.73. The Kier molecular flexibility index (Phi) is 5.54. The molecule has 0 unspecified atom stereocenters. The summed E-state index contributed by atoms with van der Waals surface area (Å²) in [6.45, 7) is 6.37. The van der Waals surface area contributed by atoms with Gasteiger partial charge in [0.2, 0.25) is 5.91 Å². The Balaban J connectivity index is 2.14. The number of rotatable bonds is 5. The van der Waals surface area contributed by atoms with E-state index in [4.69, 9.17) is 0 Å². The van der Waals surface area contributed by atoms with E-state index in [1.54, 1.807) is 21.6 Å². The summed E-state index contributed by atoms with van der Waals surface area (Å²) >= 11 is 2.93. The highest BCUT2D eigenvalue weighted by Crippen LogP contribution is 2.22. The first-order chi connectivity index (χ1) is 10.8. The molecule has 0 atom stereocenters. The molecule has 0 N–H and O–H groups in total. The molecule has 0 aromatic carbocycles. The molecule has 0 saturated heterocycles. The predicted octanol–water partition coefficient (Wildman–Crippen LogP) is 3.36. The van der Waals surface area contributed by atoms with Crippen LogP contribution in [0.4, 0.5) is 0 Å². The fourth-order valence-corrected chi connectivity index (χ4v) is 3.52. The number of aromatic nitrogens is 1. The largest absolute Gasteiger partial charge is 0.464 e. The molecule has 2 rings (SSSR count). The van der Waals surface area contributed by atoms with Gasteiger partial charge in [-0.25, -0.2) is 9.78 Å². The highest BCUT2D eigenvalue weighted by Gasteiger charge is 2.28. The number of thiophene rings is 1. The smallest absolute Gasteiger partial charge is 0.357 e. The van der Waals surface area contributed by atoms with E-state index in [0.717, 1.165) is 9.88 Å². The minimum atomic E-state index is -0.459. The minimum Gasteiger partial charge on any atom is -0.464 e. The number of carbonyl (C=O) groups excluding carboxylic acids is 2. The SMILES string of the molecule is COC(=O)c1csc(CN(C(=O)Cc2cccs2)C(C)(C)C)n1. The van der Waals surface area contributed by atoms with Crippen LogP contribution in [0.15, 0.2) is 22.9 Å². The maximum absolute atomic E-state index is 12.7. The van der Waals surface area contributed by atoms with Gasteiger partial charge in [-0.05, 0) is 32.2 Å². The maximum atomic E-state index is 12.7. The van der Waals surface area contributed by atoms with Crippen molar-refractivity contribution in [2.24, 2.45) is 0 Å². The zero-order chi connectivity index (χ0) is 17.0. The van der Waals surface area contributed by atoms with E-state index in [1.807, 2.05) is 38.3 Å². The zero-order valence-electron chi connectivity index (χ0n) is 13.7. The van der Waals surface area contributed by atoms with E-state index in [1.165, 1.54) is 18.4 Å².